The third kappa shape index (κ3) is 13.4. The number of likely N-dealkylation sites (tertiary alicyclic amines) is 2. The van der Waals surface area contributed by atoms with Gasteiger partial charge in [-0.2, -0.15) is 0 Å². The molecule has 2 aromatic rings. The van der Waals surface area contributed by atoms with Crippen molar-refractivity contribution in [3.8, 4) is 0 Å². The zero-order valence-electron chi connectivity index (χ0n) is 32.4. The molecule has 0 radical (unpaired) electrons. The molecule has 4 fully saturated rings. The van der Waals surface area contributed by atoms with E-state index in [0.717, 1.165) is 62.8 Å². The van der Waals surface area contributed by atoms with E-state index in [9.17, 15) is 19.2 Å². The third-order valence-corrected chi connectivity index (χ3v) is 9.99. The molecular formula is C40H59BrN6O6. The van der Waals surface area contributed by atoms with Crippen LogP contribution in [0.5, 0.6) is 0 Å². The van der Waals surface area contributed by atoms with Crippen LogP contribution in [-0.2, 0) is 21.3 Å². The molecule has 292 valence electrons. The summed E-state index contributed by atoms with van der Waals surface area (Å²) in [5.41, 5.74) is 1.55. The smallest absolute Gasteiger partial charge is 0.410 e. The van der Waals surface area contributed by atoms with Gasteiger partial charge >= 0.3 is 24.2 Å². The van der Waals surface area contributed by atoms with Gasteiger partial charge in [0.15, 0.2) is 0 Å². The van der Waals surface area contributed by atoms with Gasteiger partial charge < -0.3 is 39.3 Å². The molecule has 12 nitrogen and oxygen atoms in total. The SMILES string of the molecule is BrCc1ccccc1.CC(C)(C)OC(=O)N1CCC(N2CCN(Cc3ccccc3)C2=O)CC1.CC(C)(C)OC(=O)N1CCC(N2CCNC2=O)CC1. The Morgan fingerprint density at radius 2 is 1.11 bits per heavy atom. The fourth-order valence-corrected chi connectivity index (χ4v) is 7.04. The molecule has 0 bridgehead atoms. The van der Waals surface area contributed by atoms with Crippen molar-refractivity contribution in [2.45, 2.75) is 102 Å². The number of halogens is 1. The molecule has 0 saturated carbocycles. The zero-order chi connectivity index (χ0) is 38.6. The molecule has 4 aliphatic rings. The summed E-state index contributed by atoms with van der Waals surface area (Å²) in [5.74, 6) is 0. The molecule has 4 saturated heterocycles. The van der Waals surface area contributed by atoms with E-state index in [0.29, 0.717) is 32.7 Å². The van der Waals surface area contributed by atoms with E-state index in [-0.39, 0.29) is 36.3 Å². The minimum absolute atomic E-state index is 0.0238. The quantitative estimate of drug-likeness (QED) is 0.318. The largest absolute Gasteiger partial charge is 0.444 e. The highest BCUT2D eigenvalue weighted by Crippen LogP contribution is 2.24. The maximum absolute atomic E-state index is 12.8. The van der Waals surface area contributed by atoms with Crippen LogP contribution >= 0.6 is 15.9 Å². The van der Waals surface area contributed by atoms with Gasteiger partial charge in [-0.3, -0.25) is 0 Å². The lowest BCUT2D eigenvalue weighted by atomic mass is 10.0. The number of nitrogens with zero attached hydrogens (tertiary/aromatic N) is 5. The van der Waals surface area contributed by atoms with Crippen LogP contribution in [0.2, 0.25) is 0 Å². The number of carbonyl (C=O) groups excluding carboxylic acids is 4. The maximum Gasteiger partial charge on any atom is 0.410 e. The monoisotopic (exact) mass is 798 g/mol. The number of piperidine rings is 2. The van der Waals surface area contributed by atoms with Crippen molar-refractivity contribution < 1.29 is 28.7 Å². The fourth-order valence-electron chi connectivity index (χ4n) is 6.67. The first-order valence-corrected chi connectivity index (χ1v) is 20.0. The second-order valence-electron chi connectivity index (χ2n) is 15.8. The maximum atomic E-state index is 12.8. The highest BCUT2D eigenvalue weighted by atomic mass is 79.9. The van der Waals surface area contributed by atoms with Crippen molar-refractivity contribution in [3.63, 3.8) is 0 Å². The number of alkyl halides is 1. The van der Waals surface area contributed by atoms with Crippen LogP contribution < -0.4 is 5.32 Å². The molecule has 0 aromatic heterocycles. The van der Waals surface area contributed by atoms with Crippen LogP contribution in [0.15, 0.2) is 60.7 Å². The molecule has 0 aliphatic carbocycles. The van der Waals surface area contributed by atoms with Gasteiger partial charge in [0.1, 0.15) is 11.2 Å². The average molecular weight is 800 g/mol. The van der Waals surface area contributed by atoms with Crippen LogP contribution in [0.3, 0.4) is 0 Å². The molecule has 0 unspecified atom stereocenters. The molecule has 6 rings (SSSR count). The molecule has 4 aliphatic heterocycles. The predicted molar refractivity (Wildman–Crippen MR) is 210 cm³/mol. The van der Waals surface area contributed by atoms with E-state index in [1.807, 2.05) is 92.6 Å². The van der Waals surface area contributed by atoms with E-state index < -0.39 is 11.2 Å². The summed E-state index contributed by atoms with van der Waals surface area (Å²) in [5, 5.41) is 3.77. The Hall–Kier alpha value is -4.00. The van der Waals surface area contributed by atoms with E-state index in [2.05, 4.69) is 45.5 Å². The lowest BCUT2D eigenvalue weighted by molar-refractivity contribution is 0.0159. The molecule has 13 heteroatoms. The number of ether oxygens (including phenoxy) is 2. The number of carbonyl (C=O) groups is 4. The Morgan fingerprint density at radius 3 is 1.51 bits per heavy atom. The number of rotatable bonds is 5. The topological polar surface area (TPSA) is 115 Å². The summed E-state index contributed by atoms with van der Waals surface area (Å²) in [6.07, 6.45) is 2.76. The normalized spacial score (nSPS) is 18.5. The number of nitrogens with one attached hydrogen (secondary N) is 1. The second-order valence-corrected chi connectivity index (χ2v) is 16.4. The van der Waals surface area contributed by atoms with E-state index in [4.69, 9.17) is 9.47 Å². The Bertz CT molecular complexity index is 1470. The lowest BCUT2D eigenvalue weighted by Crippen LogP contribution is -2.49. The second kappa shape index (κ2) is 19.4. The van der Waals surface area contributed by atoms with Crippen molar-refractivity contribution in [2.24, 2.45) is 0 Å². The Labute approximate surface area is 324 Å². The molecule has 6 amide bonds. The van der Waals surface area contributed by atoms with Crippen LogP contribution in [0.25, 0.3) is 0 Å². The summed E-state index contributed by atoms with van der Waals surface area (Å²) < 4.78 is 10.8. The highest BCUT2D eigenvalue weighted by molar-refractivity contribution is 9.08. The van der Waals surface area contributed by atoms with Gasteiger partial charge in [0, 0.05) is 76.3 Å². The van der Waals surface area contributed by atoms with Gasteiger partial charge in [0.05, 0.1) is 0 Å². The highest BCUT2D eigenvalue weighted by Gasteiger charge is 2.37. The standard InChI is InChI=1S/C20H29N3O3.C13H23N3O3.C7H7Br/c1-20(2,3)26-19(25)21-11-9-17(10-12-21)23-14-13-22(18(23)24)15-16-7-5-4-6-8-16;1-13(2,3)19-12(18)15-7-4-10(5-8-15)16-9-6-14-11(16)17;8-6-7-4-2-1-3-5-7/h4-8,17H,9-15H2,1-3H3;10H,4-9H2,1-3H3,(H,14,17);1-5H,6H2. The molecular weight excluding hydrogens is 740 g/mol. The van der Waals surface area contributed by atoms with Crippen LogP contribution in [0.4, 0.5) is 19.2 Å². The minimum atomic E-state index is -0.475. The molecule has 1 N–H and O–H groups in total. The Balaban J connectivity index is 0.000000202. The summed E-state index contributed by atoms with van der Waals surface area (Å²) in [6.45, 7) is 17.5. The number of hydrogen-bond donors (Lipinski definition) is 1. The molecule has 0 atom stereocenters. The first kappa shape index (κ1) is 41.8. The van der Waals surface area contributed by atoms with Gasteiger partial charge in [0.25, 0.3) is 0 Å². The number of urea groups is 2. The molecule has 0 spiro atoms. The fraction of sp³-hybridized carbons (Fsp3) is 0.600. The van der Waals surface area contributed by atoms with Crippen molar-refractivity contribution in [3.05, 3.63) is 71.8 Å². The van der Waals surface area contributed by atoms with Gasteiger partial charge in [-0.25, -0.2) is 19.2 Å². The van der Waals surface area contributed by atoms with Gasteiger partial charge in [-0.15, -0.1) is 0 Å². The number of amides is 6. The lowest BCUT2D eigenvalue weighted by Gasteiger charge is -2.37. The minimum Gasteiger partial charge on any atom is -0.444 e. The number of hydrogen-bond acceptors (Lipinski definition) is 6. The molecule has 4 heterocycles. The van der Waals surface area contributed by atoms with Crippen molar-refractivity contribution in [2.75, 3.05) is 52.4 Å². The zero-order valence-corrected chi connectivity index (χ0v) is 34.0. The van der Waals surface area contributed by atoms with Crippen LogP contribution in [-0.4, -0.2) is 124 Å². The molecule has 2 aromatic carbocycles. The summed E-state index contributed by atoms with van der Waals surface area (Å²) in [4.78, 5) is 57.7. The van der Waals surface area contributed by atoms with E-state index >= 15 is 0 Å². The van der Waals surface area contributed by atoms with E-state index in [1.54, 1.807) is 9.80 Å². The van der Waals surface area contributed by atoms with Gasteiger partial charge in [-0.1, -0.05) is 76.6 Å². The first-order valence-electron chi connectivity index (χ1n) is 18.8. The average Bonchev–Trinajstić information content (AvgIpc) is 3.72. The van der Waals surface area contributed by atoms with Crippen molar-refractivity contribution in [1.82, 2.24) is 29.8 Å². The predicted octanol–water partition coefficient (Wildman–Crippen LogP) is 7.32. The number of benzene rings is 2. The summed E-state index contributed by atoms with van der Waals surface area (Å²) in [6, 6.07) is 21.0. The van der Waals surface area contributed by atoms with Crippen molar-refractivity contribution in [1.29, 1.82) is 0 Å². The third-order valence-electron chi connectivity index (χ3n) is 9.34. The Kier molecular flexibility index (Phi) is 15.3. The van der Waals surface area contributed by atoms with Gasteiger partial charge in [0.2, 0.25) is 0 Å². The molecule has 53 heavy (non-hydrogen) atoms. The van der Waals surface area contributed by atoms with E-state index in [1.165, 1.54) is 5.56 Å². The van der Waals surface area contributed by atoms with Gasteiger partial charge in [-0.05, 0) is 78.4 Å². The Morgan fingerprint density at radius 1 is 0.660 bits per heavy atom. The first-order chi connectivity index (χ1) is 25.1. The van der Waals surface area contributed by atoms with Crippen LogP contribution in [0, 0.1) is 0 Å². The summed E-state index contributed by atoms with van der Waals surface area (Å²) >= 11 is 3.36. The van der Waals surface area contributed by atoms with Crippen molar-refractivity contribution >= 4 is 40.2 Å². The van der Waals surface area contributed by atoms with Crippen LogP contribution in [0.1, 0.15) is 78.4 Å². The summed E-state index contributed by atoms with van der Waals surface area (Å²) in [7, 11) is 0.